The quantitative estimate of drug-likeness (QED) is 0.0855. The normalized spacial score (nSPS) is 18.4. The average molecular weight is 636 g/mol. The third kappa shape index (κ3) is 5.29. The van der Waals surface area contributed by atoms with Crippen LogP contribution in [0.25, 0.3) is 9.40 Å². The number of nitro groups is 1. The third-order valence-electron chi connectivity index (χ3n) is 6.71. The van der Waals surface area contributed by atoms with Crippen LogP contribution in [0.3, 0.4) is 0 Å². The summed E-state index contributed by atoms with van der Waals surface area (Å²) < 4.78 is 7.34. The van der Waals surface area contributed by atoms with E-state index in [2.05, 4.69) is 0 Å². The van der Waals surface area contributed by atoms with Crippen LogP contribution in [0.4, 0.5) is 5.69 Å². The summed E-state index contributed by atoms with van der Waals surface area (Å²) in [4.78, 5) is 51.5. The molecule has 0 unspecified atom stereocenters. The van der Waals surface area contributed by atoms with E-state index in [-0.39, 0.29) is 28.1 Å². The smallest absolute Gasteiger partial charge is 0.356 e. The first-order valence-corrected chi connectivity index (χ1v) is 16.2. The number of hydrogen-bond acceptors (Lipinski definition) is 11. The zero-order chi connectivity index (χ0) is 29.4. The molecule has 13 heteroatoms. The van der Waals surface area contributed by atoms with Crippen LogP contribution in [-0.2, 0) is 14.3 Å². The summed E-state index contributed by atoms with van der Waals surface area (Å²) in [6.07, 6.45) is 1.01. The van der Waals surface area contributed by atoms with Gasteiger partial charge in [0.1, 0.15) is 21.8 Å². The fraction of sp³-hybridized carbons (Fsp3) is 0.138. The predicted octanol–water partition coefficient (Wildman–Crippen LogP) is 5.67. The molecule has 1 amide bonds. The number of benzene rings is 2. The van der Waals surface area contributed by atoms with Gasteiger partial charge in [-0.2, -0.15) is 0 Å². The molecule has 6 rings (SSSR count). The Kier molecular flexibility index (Phi) is 8.01. The molecule has 4 aromatic rings. The standard InChI is InChI=1S/C29H21N3O6S4/c30-22-27(34)31-23(29(35)38-24(16-7-3-1-4-8-16)17-9-5-2-6-10-17)18(14-41-28(22)31)11-12-39-21-13-20(33)26-25(42-21)19(15-40-26)32(36)37/h1-13,15,22,24,28H,14,30H2/t22-,28+/m1/s1. The number of nitrogens with two attached hydrogens (primary N) is 1. The van der Waals surface area contributed by atoms with Crippen LogP contribution in [0, 0.1) is 10.1 Å². The van der Waals surface area contributed by atoms with Gasteiger partial charge in [0.05, 0.1) is 19.2 Å². The molecule has 1 saturated heterocycles. The van der Waals surface area contributed by atoms with Crippen molar-refractivity contribution in [3.05, 3.63) is 126 Å². The number of thioether (sulfide) groups is 2. The van der Waals surface area contributed by atoms with E-state index in [1.54, 1.807) is 11.5 Å². The molecule has 0 saturated carbocycles. The van der Waals surface area contributed by atoms with E-state index in [4.69, 9.17) is 10.5 Å². The van der Waals surface area contributed by atoms with Gasteiger partial charge in [-0.25, -0.2) is 4.79 Å². The second-order valence-electron chi connectivity index (χ2n) is 9.30. The van der Waals surface area contributed by atoms with Crippen molar-refractivity contribution < 1.29 is 19.2 Å². The molecule has 2 aromatic heterocycles. The molecule has 0 aliphatic carbocycles. The van der Waals surface area contributed by atoms with Crippen molar-refractivity contribution in [1.82, 2.24) is 4.90 Å². The van der Waals surface area contributed by atoms with Crippen LogP contribution in [0.15, 0.2) is 104 Å². The van der Waals surface area contributed by atoms with Crippen LogP contribution in [0.1, 0.15) is 17.2 Å². The monoisotopic (exact) mass is 635 g/mol. The molecule has 2 aromatic carbocycles. The maximum atomic E-state index is 13.8. The first-order chi connectivity index (χ1) is 20.3. The van der Waals surface area contributed by atoms with E-state index >= 15 is 0 Å². The summed E-state index contributed by atoms with van der Waals surface area (Å²) in [7, 11) is 0. The number of esters is 1. The minimum Gasteiger partial charge on any atom is -0.448 e. The van der Waals surface area contributed by atoms with E-state index in [1.165, 1.54) is 39.9 Å². The Labute approximate surface area is 255 Å². The van der Waals surface area contributed by atoms with E-state index in [0.717, 1.165) is 33.8 Å². The van der Waals surface area contributed by atoms with Crippen LogP contribution in [0.5, 0.6) is 0 Å². The number of thiophene rings is 1. The lowest BCUT2D eigenvalue weighted by Gasteiger charge is -2.48. The highest BCUT2D eigenvalue weighted by Gasteiger charge is 2.52. The van der Waals surface area contributed by atoms with Crippen LogP contribution >= 0.6 is 46.2 Å². The predicted molar refractivity (Wildman–Crippen MR) is 167 cm³/mol. The lowest BCUT2D eigenvalue weighted by molar-refractivity contribution is -0.382. The molecule has 0 bridgehead atoms. The summed E-state index contributed by atoms with van der Waals surface area (Å²) in [5.74, 6) is -0.596. The Morgan fingerprint density at radius 1 is 1.10 bits per heavy atom. The van der Waals surface area contributed by atoms with E-state index in [1.807, 2.05) is 60.7 Å². The number of fused-ring (bicyclic) bond motifs is 2. The van der Waals surface area contributed by atoms with E-state index in [0.29, 0.717) is 24.9 Å². The number of ether oxygens (including phenoxy) is 1. The van der Waals surface area contributed by atoms with Crippen molar-refractivity contribution in [3.8, 4) is 0 Å². The van der Waals surface area contributed by atoms with Crippen molar-refractivity contribution >= 4 is 73.2 Å². The highest BCUT2D eigenvalue weighted by atomic mass is 32.2. The molecule has 1 fully saturated rings. The summed E-state index contributed by atoms with van der Waals surface area (Å²) in [6, 6.07) is 19.5. The lowest BCUT2D eigenvalue weighted by atomic mass is 10.0. The van der Waals surface area contributed by atoms with Gasteiger partial charge in [-0.1, -0.05) is 72.4 Å². The Balaban J connectivity index is 1.33. The average Bonchev–Trinajstić information content (AvgIpc) is 3.45. The molecule has 0 radical (unpaired) electrons. The van der Waals surface area contributed by atoms with Crippen molar-refractivity contribution in [2.45, 2.75) is 21.7 Å². The highest BCUT2D eigenvalue weighted by molar-refractivity contribution is 8.04. The number of amides is 1. The molecule has 2 aliphatic rings. The van der Waals surface area contributed by atoms with Gasteiger partial charge in [0.2, 0.25) is 5.91 Å². The Morgan fingerprint density at radius 3 is 2.40 bits per heavy atom. The molecule has 2 N–H and O–H groups in total. The van der Waals surface area contributed by atoms with Crippen molar-refractivity contribution in [2.24, 2.45) is 5.73 Å². The van der Waals surface area contributed by atoms with Gasteiger partial charge in [-0.05, 0) is 28.2 Å². The SMILES string of the molecule is N[C@@H]1C(=O)N2C(C(=O)OC(c3ccccc3)c3ccccc3)=C(C=CSc3cc(=O)c4scc([N+](=O)[O-])c4s3)CS[C@@H]12. The minimum atomic E-state index is -0.706. The number of allylic oxidation sites excluding steroid dienone is 1. The van der Waals surface area contributed by atoms with Gasteiger partial charge >= 0.3 is 5.97 Å². The number of carbonyl (C=O) groups excluding carboxylic acids is 2. The molecule has 4 heterocycles. The van der Waals surface area contributed by atoms with Gasteiger partial charge < -0.3 is 10.5 Å². The Morgan fingerprint density at radius 2 is 1.76 bits per heavy atom. The number of β-lactam (4-membered cyclic amide) rings is 1. The molecule has 212 valence electrons. The van der Waals surface area contributed by atoms with Gasteiger partial charge in [0, 0.05) is 11.8 Å². The minimum absolute atomic E-state index is 0.0926. The molecule has 2 aliphatic heterocycles. The van der Waals surface area contributed by atoms with Crippen LogP contribution in [0.2, 0.25) is 0 Å². The second kappa shape index (κ2) is 11.9. The van der Waals surface area contributed by atoms with Gasteiger partial charge in [0.25, 0.3) is 5.69 Å². The first-order valence-electron chi connectivity index (χ1n) is 12.6. The summed E-state index contributed by atoms with van der Waals surface area (Å²) >= 11 is 4.88. The van der Waals surface area contributed by atoms with Crippen molar-refractivity contribution in [1.29, 1.82) is 0 Å². The fourth-order valence-electron chi connectivity index (χ4n) is 4.68. The van der Waals surface area contributed by atoms with Crippen molar-refractivity contribution in [3.63, 3.8) is 0 Å². The largest absolute Gasteiger partial charge is 0.448 e. The summed E-state index contributed by atoms with van der Waals surface area (Å²) in [5.41, 5.74) is 7.94. The number of carbonyl (C=O) groups is 2. The Hall–Kier alpha value is -3.75. The third-order valence-corrected chi connectivity index (χ3v) is 11.2. The van der Waals surface area contributed by atoms with Crippen LogP contribution in [-0.4, -0.2) is 38.9 Å². The molecule has 9 nitrogen and oxygen atoms in total. The topological polar surface area (TPSA) is 133 Å². The van der Waals surface area contributed by atoms with E-state index in [9.17, 15) is 24.5 Å². The van der Waals surface area contributed by atoms with Crippen molar-refractivity contribution in [2.75, 3.05) is 5.75 Å². The Bertz CT molecular complexity index is 1780. The molecule has 2 atom stereocenters. The highest BCUT2D eigenvalue weighted by Crippen LogP contribution is 2.42. The number of rotatable bonds is 8. The van der Waals surface area contributed by atoms with E-state index < -0.39 is 23.0 Å². The zero-order valence-electron chi connectivity index (χ0n) is 21.6. The van der Waals surface area contributed by atoms with Gasteiger partial charge in [-0.15, -0.1) is 34.4 Å². The number of nitrogens with zero attached hydrogens (tertiary/aromatic N) is 2. The first kappa shape index (κ1) is 28.4. The second-order valence-corrected chi connectivity index (χ2v) is 13.5. The van der Waals surface area contributed by atoms with Gasteiger partial charge in [-0.3, -0.25) is 24.6 Å². The molecule has 0 spiro atoms. The maximum absolute atomic E-state index is 13.8. The fourth-order valence-corrected chi connectivity index (χ4v) is 9.06. The number of hydrogen-bond donors (Lipinski definition) is 1. The van der Waals surface area contributed by atoms with Crippen LogP contribution < -0.4 is 11.2 Å². The zero-order valence-corrected chi connectivity index (χ0v) is 24.8. The molecular weight excluding hydrogens is 615 g/mol. The summed E-state index contributed by atoms with van der Waals surface area (Å²) in [6.45, 7) is 0. The maximum Gasteiger partial charge on any atom is 0.356 e. The lowest BCUT2D eigenvalue weighted by Crippen LogP contribution is -2.68. The summed E-state index contributed by atoms with van der Waals surface area (Å²) in [5, 5.41) is 14.1. The molecule has 42 heavy (non-hydrogen) atoms. The van der Waals surface area contributed by atoms with Gasteiger partial charge in [0.15, 0.2) is 11.5 Å². The molecular formula is C29H21N3O6S4.